The van der Waals surface area contributed by atoms with E-state index >= 15 is 0 Å². The van der Waals surface area contributed by atoms with Gasteiger partial charge in [-0.25, -0.2) is 13.2 Å². The number of halogens is 4. The Bertz CT molecular complexity index is 592. The molecule has 6 heteroatoms. The Balaban J connectivity index is 2.31. The topological polar surface area (TPSA) is 12.0 Å². The zero-order chi connectivity index (χ0) is 15.4. The first-order valence-corrected chi connectivity index (χ1v) is 8.29. The van der Waals surface area contributed by atoms with Gasteiger partial charge in [-0.15, -0.1) is 11.3 Å². The molecule has 0 aliphatic rings. The molecule has 1 N–H and O–H groups in total. The van der Waals surface area contributed by atoms with Crippen molar-refractivity contribution in [3.63, 3.8) is 0 Å². The van der Waals surface area contributed by atoms with Crippen molar-refractivity contribution < 1.29 is 13.2 Å². The third-order valence-corrected chi connectivity index (χ3v) is 4.78. The summed E-state index contributed by atoms with van der Waals surface area (Å²) in [6, 6.07) is 2.85. The van der Waals surface area contributed by atoms with E-state index in [1.807, 2.05) is 18.4 Å². The second-order valence-corrected chi connectivity index (χ2v) is 6.64. The maximum atomic E-state index is 14.0. The van der Waals surface area contributed by atoms with Crippen molar-refractivity contribution in [2.75, 3.05) is 6.54 Å². The van der Waals surface area contributed by atoms with E-state index in [-0.39, 0.29) is 5.56 Å². The molecule has 1 aromatic carbocycles. The van der Waals surface area contributed by atoms with E-state index in [0.29, 0.717) is 13.0 Å². The highest BCUT2D eigenvalue weighted by molar-refractivity contribution is 9.10. The molecular weight excluding hydrogens is 363 g/mol. The van der Waals surface area contributed by atoms with Crippen molar-refractivity contribution in [3.8, 4) is 0 Å². The molecule has 1 unspecified atom stereocenters. The predicted octanol–water partition coefficient (Wildman–Crippen LogP) is 5.21. The van der Waals surface area contributed by atoms with Gasteiger partial charge in [0.1, 0.15) is 17.5 Å². The summed E-state index contributed by atoms with van der Waals surface area (Å²) in [5.74, 6) is -2.60. The summed E-state index contributed by atoms with van der Waals surface area (Å²) >= 11 is 4.88. The van der Waals surface area contributed by atoms with Gasteiger partial charge in [0.15, 0.2) is 0 Å². The molecular formula is C15H15BrF3NS. The molecule has 0 saturated carbocycles. The highest BCUT2D eigenvalue weighted by atomic mass is 79.9. The van der Waals surface area contributed by atoms with E-state index in [1.54, 1.807) is 0 Å². The summed E-state index contributed by atoms with van der Waals surface area (Å²) in [7, 11) is 0. The van der Waals surface area contributed by atoms with Crippen LogP contribution in [0.3, 0.4) is 0 Å². The second-order valence-electron chi connectivity index (χ2n) is 4.73. The summed E-state index contributed by atoms with van der Waals surface area (Å²) in [5.41, 5.74) is -0.102. The van der Waals surface area contributed by atoms with E-state index in [4.69, 9.17) is 0 Å². The third kappa shape index (κ3) is 4.31. The molecule has 21 heavy (non-hydrogen) atoms. The summed E-state index contributed by atoms with van der Waals surface area (Å²) in [5, 5.41) is 5.05. The quantitative estimate of drug-likeness (QED) is 0.728. The fourth-order valence-electron chi connectivity index (χ4n) is 2.14. The Morgan fingerprint density at radius 1 is 1.19 bits per heavy atom. The van der Waals surface area contributed by atoms with Crippen molar-refractivity contribution >= 4 is 27.3 Å². The van der Waals surface area contributed by atoms with Gasteiger partial charge in [0.25, 0.3) is 0 Å². The molecule has 0 fully saturated rings. The van der Waals surface area contributed by atoms with Gasteiger partial charge in [0, 0.05) is 44.9 Å². The van der Waals surface area contributed by atoms with E-state index < -0.39 is 23.5 Å². The van der Waals surface area contributed by atoms with Gasteiger partial charge in [0.05, 0.1) is 0 Å². The Hall–Kier alpha value is -0.850. The Kier molecular flexibility index (Phi) is 5.84. The average molecular weight is 378 g/mol. The molecule has 0 bridgehead atoms. The van der Waals surface area contributed by atoms with Crippen molar-refractivity contribution in [2.24, 2.45) is 0 Å². The number of hydrogen-bond acceptors (Lipinski definition) is 2. The van der Waals surface area contributed by atoms with Gasteiger partial charge in [-0.3, -0.25) is 0 Å². The first kappa shape index (κ1) is 16.5. The van der Waals surface area contributed by atoms with Crippen LogP contribution in [0.15, 0.2) is 28.1 Å². The van der Waals surface area contributed by atoms with E-state index in [0.717, 1.165) is 27.9 Å². The van der Waals surface area contributed by atoms with Gasteiger partial charge in [-0.1, -0.05) is 6.92 Å². The highest BCUT2D eigenvalue weighted by Crippen LogP contribution is 2.29. The molecule has 0 spiro atoms. The lowest BCUT2D eigenvalue weighted by Crippen LogP contribution is -2.26. The number of thiophene rings is 1. The maximum Gasteiger partial charge on any atom is 0.133 e. The van der Waals surface area contributed by atoms with Crippen LogP contribution in [0.1, 0.15) is 29.8 Å². The van der Waals surface area contributed by atoms with E-state index in [2.05, 4.69) is 21.2 Å². The fourth-order valence-corrected chi connectivity index (χ4v) is 3.64. The summed E-state index contributed by atoms with van der Waals surface area (Å²) in [6.07, 6.45) is 1.30. The van der Waals surface area contributed by atoms with Gasteiger partial charge in [-0.05, 0) is 35.0 Å². The predicted molar refractivity (Wildman–Crippen MR) is 83.1 cm³/mol. The number of rotatable bonds is 6. The van der Waals surface area contributed by atoms with Gasteiger partial charge < -0.3 is 5.32 Å². The summed E-state index contributed by atoms with van der Waals surface area (Å²) in [6.45, 7) is 2.61. The Labute approximate surface area is 134 Å². The van der Waals surface area contributed by atoms with Crippen LogP contribution in [-0.2, 0) is 6.42 Å². The summed E-state index contributed by atoms with van der Waals surface area (Å²) in [4.78, 5) is 0.999. The zero-order valence-corrected chi connectivity index (χ0v) is 13.8. The Morgan fingerprint density at radius 2 is 1.86 bits per heavy atom. The molecule has 1 aromatic heterocycles. The lowest BCUT2D eigenvalue weighted by Gasteiger charge is -2.19. The summed E-state index contributed by atoms with van der Waals surface area (Å²) < 4.78 is 41.9. The third-order valence-electron chi connectivity index (χ3n) is 3.06. The van der Waals surface area contributed by atoms with Crippen LogP contribution in [0, 0.1) is 17.5 Å². The van der Waals surface area contributed by atoms with Crippen LogP contribution in [0.5, 0.6) is 0 Å². The van der Waals surface area contributed by atoms with Crippen molar-refractivity contribution in [2.45, 2.75) is 25.8 Å². The zero-order valence-electron chi connectivity index (χ0n) is 11.4. The van der Waals surface area contributed by atoms with Gasteiger partial charge >= 0.3 is 0 Å². The first-order valence-electron chi connectivity index (χ1n) is 6.62. The minimum Gasteiger partial charge on any atom is -0.309 e. The molecule has 0 radical (unpaired) electrons. The van der Waals surface area contributed by atoms with E-state index in [9.17, 15) is 13.2 Å². The SMILES string of the molecule is CCCNC(Cc1cc(Br)cs1)c1c(F)cc(F)cc1F. The molecule has 1 atom stereocenters. The smallest absolute Gasteiger partial charge is 0.133 e. The molecule has 1 nitrogen and oxygen atoms in total. The van der Waals surface area contributed by atoms with Crippen LogP contribution >= 0.6 is 27.3 Å². The molecule has 2 aromatic rings. The molecule has 0 aliphatic carbocycles. The Morgan fingerprint density at radius 3 is 2.38 bits per heavy atom. The molecule has 114 valence electrons. The molecule has 0 amide bonds. The van der Waals surface area contributed by atoms with Crippen molar-refractivity contribution in [3.05, 3.63) is 55.9 Å². The van der Waals surface area contributed by atoms with Crippen LogP contribution in [0.25, 0.3) is 0 Å². The van der Waals surface area contributed by atoms with Gasteiger partial charge in [0.2, 0.25) is 0 Å². The maximum absolute atomic E-state index is 14.0. The van der Waals surface area contributed by atoms with Gasteiger partial charge in [-0.2, -0.15) is 0 Å². The first-order chi connectivity index (χ1) is 10.0. The highest BCUT2D eigenvalue weighted by Gasteiger charge is 2.22. The molecule has 0 aliphatic heterocycles. The number of nitrogens with one attached hydrogen (secondary N) is 1. The molecule has 2 rings (SSSR count). The minimum absolute atomic E-state index is 0.102. The lowest BCUT2D eigenvalue weighted by molar-refractivity contribution is 0.456. The van der Waals surface area contributed by atoms with Crippen molar-refractivity contribution in [1.82, 2.24) is 5.32 Å². The second kappa shape index (κ2) is 7.42. The number of benzene rings is 1. The minimum atomic E-state index is -0.901. The fraction of sp³-hybridized carbons (Fsp3) is 0.333. The van der Waals surface area contributed by atoms with Crippen LogP contribution in [0.4, 0.5) is 13.2 Å². The van der Waals surface area contributed by atoms with Crippen LogP contribution in [0.2, 0.25) is 0 Å². The average Bonchev–Trinajstić information content (AvgIpc) is 2.80. The molecule has 1 heterocycles. The monoisotopic (exact) mass is 377 g/mol. The van der Waals surface area contributed by atoms with E-state index in [1.165, 1.54) is 11.3 Å². The lowest BCUT2D eigenvalue weighted by atomic mass is 10.0. The van der Waals surface area contributed by atoms with Crippen molar-refractivity contribution in [1.29, 1.82) is 0 Å². The largest absolute Gasteiger partial charge is 0.309 e. The molecule has 0 saturated heterocycles. The standard InChI is InChI=1S/C15H15BrF3NS/c1-2-3-20-14(7-11-4-9(16)8-21-11)15-12(18)5-10(17)6-13(15)19/h4-6,8,14,20H,2-3,7H2,1H3. The normalized spacial score (nSPS) is 12.6. The van der Waals surface area contributed by atoms with Crippen LogP contribution in [-0.4, -0.2) is 6.54 Å². The van der Waals surface area contributed by atoms with Crippen LogP contribution < -0.4 is 5.32 Å². The number of hydrogen-bond donors (Lipinski definition) is 1.